The highest BCUT2D eigenvalue weighted by Gasteiger charge is 2.21. The predicted molar refractivity (Wildman–Crippen MR) is 80.3 cm³/mol. The molecule has 1 unspecified atom stereocenters. The van der Waals surface area contributed by atoms with Crippen LogP contribution in [0.2, 0.25) is 10.0 Å². The van der Waals surface area contributed by atoms with Gasteiger partial charge >= 0.3 is 0 Å². The van der Waals surface area contributed by atoms with Gasteiger partial charge in [-0.15, -0.1) is 0 Å². The Bertz CT molecular complexity index is 380. The van der Waals surface area contributed by atoms with Crippen LogP contribution in [-0.4, -0.2) is 24.5 Å². The molecule has 0 radical (unpaired) electrons. The Balaban J connectivity index is 3.03. The molecule has 0 aliphatic carbocycles. The van der Waals surface area contributed by atoms with E-state index in [-0.39, 0.29) is 6.04 Å². The Labute approximate surface area is 120 Å². The Morgan fingerprint density at radius 1 is 1.28 bits per heavy atom. The monoisotopic (exact) mass is 288 g/mol. The molecule has 4 heteroatoms. The van der Waals surface area contributed by atoms with Gasteiger partial charge in [0.15, 0.2) is 0 Å². The van der Waals surface area contributed by atoms with E-state index in [1.807, 2.05) is 12.1 Å². The van der Waals surface area contributed by atoms with Crippen molar-refractivity contribution < 1.29 is 0 Å². The molecular formula is C14H22Cl2N2. The van der Waals surface area contributed by atoms with Crippen LogP contribution in [0.3, 0.4) is 0 Å². The van der Waals surface area contributed by atoms with Gasteiger partial charge in [0.05, 0.1) is 10.0 Å². The topological polar surface area (TPSA) is 29.3 Å². The minimum absolute atomic E-state index is 0.128. The molecule has 1 rings (SSSR count). The highest BCUT2D eigenvalue weighted by molar-refractivity contribution is 6.42. The van der Waals surface area contributed by atoms with Crippen molar-refractivity contribution in [2.75, 3.05) is 19.6 Å². The molecule has 2 N–H and O–H groups in total. The Hall–Kier alpha value is -0.280. The molecule has 0 fully saturated rings. The van der Waals surface area contributed by atoms with Crippen LogP contribution in [0.25, 0.3) is 0 Å². The molecule has 1 aromatic rings. The lowest BCUT2D eigenvalue weighted by Gasteiger charge is -2.32. The average molecular weight is 289 g/mol. The smallest absolute Gasteiger partial charge is 0.0640 e. The Kier molecular flexibility index (Phi) is 6.44. The van der Waals surface area contributed by atoms with Crippen molar-refractivity contribution >= 4 is 23.2 Å². The maximum absolute atomic E-state index is 6.29. The van der Waals surface area contributed by atoms with E-state index in [1.165, 1.54) is 0 Å². The second-order valence-electron chi connectivity index (χ2n) is 4.88. The van der Waals surface area contributed by atoms with E-state index < -0.39 is 0 Å². The standard InChI is InChI=1S/C14H22Cl2N2/c1-4-18(9-10(2)3)13(8-17)11-6-5-7-12(15)14(11)16/h5-7,10,13H,4,8-9,17H2,1-3H3. The SMILES string of the molecule is CCN(CC(C)C)C(CN)c1cccc(Cl)c1Cl. The fourth-order valence-electron chi connectivity index (χ4n) is 2.20. The lowest BCUT2D eigenvalue weighted by Crippen LogP contribution is -2.36. The van der Waals surface area contributed by atoms with Crippen molar-refractivity contribution in [3.05, 3.63) is 33.8 Å². The third-order valence-electron chi connectivity index (χ3n) is 3.01. The summed E-state index contributed by atoms with van der Waals surface area (Å²) in [5, 5.41) is 1.21. The molecule has 1 atom stereocenters. The number of nitrogens with two attached hydrogens (primary N) is 1. The molecule has 2 nitrogen and oxygen atoms in total. The van der Waals surface area contributed by atoms with Crippen LogP contribution in [0.5, 0.6) is 0 Å². The number of likely N-dealkylation sites (N-methyl/N-ethyl adjacent to an activating group) is 1. The fourth-order valence-corrected chi connectivity index (χ4v) is 2.63. The number of hydrogen-bond acceptors (Lipinski definition) is 2. The van der Waals surface area contributed by atoms with E-state index in [2.05, 4.69) is 25.7 Å². The molecular weight excluding hydrogens is 267 g/mol. The number of rotatable bonds is 6. The first-order valence-electron chi connectivity index (χ1n) is 6.39. The molecule has 0 saturated carbocycles. The van der Waals surface area contributed by atoms with Gasteiger partial charge in [-0.1, -0.05) is 56.1 Å². The van der Waals surface area contributed by atoms with Gasteiger partial charge in [0.25, 0.3) is 0 Å². The van der Waals surface area contributed by atoms with Crippen LogP contribution < -0.4 is 5.73 Å². The normalized spacial score (nSPS) is 13.3. The first-order valence-corrected chi connectivity index (χ1v) is 7.14. The zero-order valence-electron chi connectivity index (χ0n) is 11.3. The van der Waals surface area contributed by atoms with Crippen molar-refractivity contribution in [2.24, 2.45) is 11.7 Å². The van der Waals surface area contributed by atoms with Crippen LogP contribution in [0, 0.1) is 5.92 Å². The van der Waals surface area contributed by atoms with Crippen LogP contribution in [0.15, 0.2) is 18.2 Å². The van der Waals surface area contributed by atoms with Crippen molar-refractivity contribution in [1.82, 2.24) is 4.90 Å². The second-order valence-corrected chi connectivity index (χ2v) is 5.66. The van der Waals surface area contributed by atoms with Gasteiger partial charge in [-0.05, 0) is 24.1 Å². The highest BCUT2D eigenvalue weighted by atomic mass is 35.5. The number of benzene rings is 1. The summed E-state index contributed by atoms with van der Waals surface area (Å²) in [6.07, 6.45) is 0. The Morgan fingerprint density at radius 3 is 2.44 bits per heavy atom. The van der Waals surface area contributed by atoms with E-state index >= 15 is 0 Å². The maximum atomic E-state index is 6.29. The molecule has 0 amide bonds. The summed E-state index contributed by atoms with van der Waals surface area (Å²) in [6.45, 7) is 9.04. The minimum atomic E-state index is 0.128. The molecule has 0 aliphatic rings. The number of hydrogen-bond donors (Lipinski definition) is 1. The first-order chi connectivity index (χ1) is 8.51. The zero-order valence-corrected chi connectivity index (χ0v) is 12.8. The summed E-state index contributed by atoms with van der Waals surface area (Å²) in [6, 6.07) is 5.87. The third kappa shape index (κ3) is 3.86. The van der Waals surface area contributed by atoms with Crippen molar-refractivity contribution in [2.45, 2.75) is 26.8 Å². The summed E-state index contributed by atoms with van der Waals surface area (Å²) in [5.74, 6) is 0.594. The number of halogens is 2. The van der Waals surface area contributed by atoms with Crippen molar-refractivity contribution in [1.29, 1.82) is 0 Å². The van der Waals surface area contributed by atoms with E-state index in [0.717, 1.165) is 18.7 Å². The Morgan fingerprint density at radius 2 is 1.94 bits per heavy atom. The van der Waals surface area contributed by atoms with Gasteiger partial charge in [0, 0.05) is 19.1 Å². The van der Waals surface area contributed by atoms with Crippen molar-refractivity contribution in [3.8, 4) is 0 Å². The van der Waals surface area contributed by atoms with Gasteiger partial charge in [-0.25, -0.2) is 0 Å². The summed E-state index contributed by atoms with van der Waals surface area (Å²) < 4.78 is 0. The molecule has 0 aromatic heterocycles. The summed E-state index contributed by atoms with van der Waals surface area (Å²) in [5.41, 5.74) is 6.95. The summed E-state index contributed by atoms with van der Waals surface area (Å²) in [4.78, 5) is 2.35. The molecule has 0 aliphatic heterocycles. The van der Waals surface area contributed by atoms with Crippen LogP contribution in [-0.2, 0) is 0 Å². The van der Waals surface area contributed by atoms with Crippen LogP contribution in [0.1, 0.15) is 32.4 Å². The fraction of sp³-hybridized carbons (Fsp3) is 0.571. The summed E-state index contributed by atoms with van der Waals surface area (Å²) in [7, 11) is 0. The van der Waals surface area contributed by atoms with E-state index in [0.29, 0.717) is 22.5 Å². The molecule has 0 spiro atoms. The van der Waals surface area contributed by atoms with Gasteiger partial charge in [0.2, 0.25) is 0 Å². The highest BCUT2D eigenvalue weighted by Crippen LogP contribution is 2.32. The van der Waals surface area contributed by atoms with Crippen LogP contribution >= 0.6 is 23.2 Å². The molecule has 1 aromatic carbocycles. The van der Waals surface area contributed by atoms with Crippen LogP contribution in [0.4, 0.5) is 0 Å². The van der Waals surface area contributed by atoms with E-state index in [4.69, 9.17) is 28.9 Å². The predicted octanol–water partition coefficient (Wildman–Crippen LogP) is 3.97. The largest absolute Gasteiger partial charge is 0.329 e. The molecule has 0 saturated heterocycles. The number of nitrogens with zero attached hydrogens (tertiary/aromatic N) is 1. The summed E-state index contributed by atoms with van der Waals surface area (Å²) >= 11 is 12.4. The quantitative estimate of drug-likeness (QED) is 0.858. The maximum Gasteiger partial charge on any atom is 0.0640 e. The molecule has 18 heavy (non-hydrogen) atoms. The van der Waals surface area contributed by atoms with E-state index in [1.54, 1.807) is 6.07 Å². The third-order valence-corrected chi connectivity index (χ3v) is 3.84. The van der Waals surface area contributed by atoms with E-state index in [9.17, 15) is 0 Å². The molecule has 102 valence electrons. The van der Waals surface area contributed by atoms with Gasteiger partial charge in [-0.2, -0.15) is 0 Å². The molecule has 0 heterocycles. The second kappa shape index (κ2) is 7.34. The minimum Gasteiger partial charge on any atom is -0.329 e. The lowest BCUT2D eigenvalue weighted by molar-refractivity contribution is 0.189. The van der Waals surface area contributed by atoms with Gasteiger partial charge in [0.1, 0.15) is 0 Å². The van der Waals surface area contributed by atoms with Gasteiger partial charge in [-0.3, -0.25) is 4.90 Å². The first kappa shape index (κ1) is 15.8. The zero-order chi connectivity index (χ0) is 13.7. The lowest BCUT2D eigenvalue weighted by atomic mass is 10.0. The van der Waals surface area contributed by atoms with Crippen molar-refractivity contribution in [3.63, 3.8) is 0 Å². The van der Waals surface area contributed by atoms with Gasteiger partial charge < -0.3 is 5.73 Å². The average Bonchev–Trinajstić information content (AvgIpc) is 2.33. The molecule has 0 bridgehead atoms.